The van der Waals surface area contributed by atoms with E-state index in [1.165, 1.54) is 31.3 Å². The second kappa shape index (κ2) is 6.28. The van der Waals surface area contributed by atoms with Crippen molar-refractivity contribution in [3.63, 3.8) is 0 Å². The number of fused-ring (bicyclic) bond motifs is 5. The highest BCUT2D eigenvalue weighted by atomic mass is 31.2. The smallest absolute Gasteiger partial charge is 0.302 e. The third-order valence-corrected chi connectivity index (χ3v) is 12.5. The molecular formula is C23H35N2O3P. The molecule has 5 nitrogen and oxygen atoms in total. The molecule has 0 aromatic heterocycles. The Morgan fingerprint density at radius 3 is 2.38 bits per heavy atom. The van der Waals surface area contributed by atoms with E-state index in [2.05, 4.69) is 23.2 Å². The Hall–Kier alpha value is -0.480. The van der Waals surface area contributed by atoms with E-state index < -0.39 is 7.67 Å². The van der Waals surface area contributed by atoms with Gasteiger partial charge in [-0.1, -0.05) is 19.4 Å². The molecule has 29 heavy (non-hydrogen) atoms. The number of rotatable bonds is 4. The molecule has 5 fully saturated rings. The van der Waals surface area contributed by atoms with Crippen LogP contribution in [0, 0.1) is 28.6 Å². The zero-order valence-corrected chi connectivity index (χ0v) is 18.8. The first-order chi connectivity index (χ1) is 13.8. The van der Waals surface area contributed by atoms with Crippen molar-refractivity contribution in [2.75, 3.05) is 26.2 Å². The second-order valence-electron chi connectivity index (χ2n) is 11.1. The third kappa shape index (κ3) is 2.76. The van der Waals surface area contributed by atoms with Crippen molar-refractivity contribution in [1.29, 1.82) is 0 Å². The molecule has 0 N–H and O–H groups in total. The van der Waals surface area contributed by atoms with Crippen LogP contribution < -0.4 is 0 Å². The molecule has 160 valence electrons. The van der Waals surface area contributed by atoms with Crippen LogP contribution in [0.3, 0.4) is 0 Å². The molecule has 2 saturated heterocycles. The summed E-state index contributed by atoms with van der Waals surface area (Å²) in [6.45, 7) is 8.60. The lowest BCUT2D eigenvalue weighted by atomic mass is 9.47. The van der Waals surface area contributed by atoms with Crippen molar-refractivity contribution in [2.45, 2.75) is 71.3 Å². The van der Waals surface area contributed by atoms with Gasteiger partial charge in [0, 0.05) is 32.6 Å². The summed E-state index contributed by atoms with van der Waals surface area (Å²) in [6, 6.07) is 0. The van der Waals surface area contributed by atoms with Crippen molar-refractivity contribution in [3.05, 3.63) is 11.6 Å². The molecule has 2 heterocycles. The number of ketones is 1. The topological polar surface area (TPSA) is 49.4 Å². The fourth-order valence-electron chi connectivity index (χ4n) is 7.76. The molecule has 0 spiro atoms. The van der Waals surface area contributed by atoms with Crippen molar-refractivity contribution in [3.8, 4) is 0 Å². The van der Waals surface area contributed by atoms with Gasteiger partial charge in [0.15, 0.2) is 5.78 Å². The summed E-state index contributed by atoms with van der Waals surface area (Å²) >= 11 is 0. The van der Waals surface area contributed by atoms with Gasteiger partial charge in [0.2, 0.25) is 0 Å². The van der Waals surface area contributed by atoms with Gasteiger partial charge in [0.05, 0.1) is 6.10 Å². The molecule has 0 amide bonds. The molecule has 3 saturated carbocycles. The summed E-state index contributed by atoms with van der Waals surface area (Å²) in [6.07, 6.45) is 10.9. The van der Waals surface area contributed by atoms with E-state index in [0.29, 0.717) is 17.6 Å². The number of nitrogens with zero attached hydrogens (tertiary/aromatic N) is 2. The van der Waals surface area contributed by atoms with Gasteiger partial charge in [-0.15, -0.1) is 0 Å². The summed E-state index contributed by atoms with van der Waals surface area (Å²) < 4.78 is 24.4. The minimum atomic E-state index is -2.76. The van der Waals surface area contributed by atoms with Gasteiger partial charge in [0.1, 0.15) is 0 Å². The highest BCUT2D eigenvalue weighted by Gasteiger charge is 2.61. The largest absolute Gasteiger partial charge is 0.346 e. The summed E-state index contributed by atoms with van der Waals surface area (Å²) in [5.74, 6) is 2.46. The molecule has 0 bridgehead atoms. The Labute approximate surface area is 174 Å². The summed E-state index contributed by atoms with van der Waals surface area (Å²) in [5.41, 5.74) is 1.83. The number of carbonyl (C=O) groups is 1. The highest BCUT2D eigenvalue weighted by Crippen LogP contribution is 2.69. The average Bonchev–Trinajstić information content (AvgIpc) is 3.59. The Kier molecular flexibility index (Phi) is 4.16. The number of allylic oxidation sites excluding steroid dienone is 1. The predicted molar refractivity (Wildman–Crippen MR) is 112 cm³/mol. The zero-order valence-electron chi connectivity index (χ0n) is 17.9. The maximum Gasteiger partial charge on any atom is 0.346 e. The molecule has 0 aromatic rings. The lowest BCUT2D eigenvalue weighted by Gasteiger charge is -2.58. The second-order valence-corrected chi connectivity index (χ2v) is 13.4. The Morgan fingerprint density at radius 1 is 0.966 bits per heavy atom. The van der Waals surface area contributed by atoms with Crippen LogP contribution in [0.15, 0.2) is 11.6 Å². The van der Waals surface area contributed by atoms with Crippen LogP contribution in [-0.4, -0.2) is 47.4 Å². The first-order valence-corrected chi connectivity index (χ1v) is 13.4. The van der Waals surface area contributed by atoms with E-state index in [9.17, 15) is 9.36 Å². The van der Waals surface area contributed by atoms with Crippen molar-refractivity contribution in [2.24, 2.45) is 28.6 Å². The van der Waals surface area contributed by atoms with E-state index in [1.54, 1.807) is 0 Å². The SMILES string of the molecule is C[C@]12CCC3C(CCC4=CC(=O)CC[C@@]43C)C1CCC2OP(=O)(N1CC1)N1CC1. The van der Waals surface area contributed by atoms with Crippen LogP contribution in [-0.2, 0) is 13.9 Å². The maximum absolute atomic E-state index is 13.7. The van der Waals surface area contributed by atoms with E-state index >= 15 is 0 Å². The molecule has 4 unspecified atom stereocenters. The Bertz CT molecular complexity index is 803. The molecule has 6 heteroatoms. The monoisotopic (exact) mass is 418 g/mol. The summed E-state index contributed by atoms with van der Waals surface area (Å²) in [5, 5.41) is 0. The van der Waals surface area contributed by atoms with Crippen LogP contribution in [0.4, 0.5) is 0 Å². The molecule has 6 rings (SSSR count). The minimum absolute atomic E-state index is 0.137. The van der Waals surface area contributed by atoms with Crippen molar-refractivity contribution >= 4 is 13.5 Å². The molecule has 0 radical (unpaired) electrons. The Morgan fingerprint density at radius 2 is 1.69 bits per heavy atom. The van der Waals surface area contributed by atoms with Crippen LogP contribution in [0.2, 0.25) is 0 Å². The third-order valence-electron chi connectivity index (χ3n) is 9.70. The standard InChI is InChI=1S/C23H35N2O3P/c1-22-9-7-17(26)15-16(22)3-4-18-19-5-6-21(23(19,2)10-8-20(18)22)28-29(27,24-11-12-24)25-13-14-25/h15,18-21H,3-14H2,1-2H3/t18?,19?,20?,21?,22-,23-/m0/s1. The summed E-state index contributed by atoms with van der Waals surface area (Å²) in [4.78, 5) is 12.0. The van der Waals surface area contributed by atoms with Gasteiger partial charge in [0.25, 0.3) is 0 Å². The molecule has 2 aliphatic heterocycles. The molecular weight excluding hydrogens is 383 g/mol. The average molecular weight is 419 g/mol. The lowest BCUT2D eigenvalue weighted by molar-refractivity contribution is -0.117. The number of carbonyl (C=O) groups excluding carboxylic acids is 1. The fourth-order valence-corrected chi connectivity index (χ4v) is 10.2. The van der Waals surface area contributed by atoms with E-state index in [1.807, 2.05) is 6.08 Å². The quantitative estimate of drug-likeness (QED) is 0.492. The van der Waals surface area contributed by atoms with E-state index in [-0.39, 0.29) is 16.9 Å². The van der Waals surface area contributed by atoms with Crippen LogP contribution >= 0.6 is 7.67 Å². The van der Waals surface area contributed by atoms with Gasteiger partial charge in [-0.25, -0.2) is 9.34 Å². The fraction of sp³-hybridized carbons (Fsp3) is 0.870. The molecule has 6 aliphatic rings. The van der Waals surface area contributed by atoms with Gasteiger partial charge in [-0.3, -0.25) is 9.36 Å². The molecule has 6 atom stereocenters. The zero-order chi connectivity index (χ0) is 20.0. The van der Waals surface area contributed by atoms with Crippen molar-refractivity contribution in [1.82, 2.24) is 9.34 Å². The highest BCUT2D eigenvalue weighted by molar-refractivity contribution is 7.54. The molecule has 4 aliphatic carbocycles. The minimum Gasteiger partial charge on any atom is -0.302 e. The first-order valence-electron chi connectivity index (χ1n) is 11.9. The number of hydrogen-bond acceptors (Lipinski definition) is 3. The van der Waals surface area contributed by atoms with E-state index in [0.717, 1.165) is 57.8 Å². The molecule has 0 aromatic carbocycles. The summed E-state index contributed by atoms with van der Waals surface area (Å²) in [7, 11) is -2.76. The maximum atomic E-state index is 13.7. The van der Waals surface area contributed by atoms with Crippen molar-refractivity contribution < 1.29 is 13.9 Å². The normalized spacial score (nSPS) is 47.2. The van der Waals surface area contributed by atoms with Crippen LogP contribution in [0.25, 0.3) is 0 Å². The van der Waals surface area contributed by atoms with E-state index in [4.69, 9.17) is 4.52 Å². The van der Waals surface area contributed by atoms with Crippen LogP contribution in [0.5, 0.6) is 0 Å². The van der Waals surface area contributed by atoms with Gasteiger partial charge in [-0.2, -0.15) is 0 Å². The van der Waals surface area contributed by atoms with Crippen LogP contribution in [0.1, 0.15) is 65.2 Å². The van der Waals surface area contributed by atoms with Gasteiger partial charge < -0.3 is 4.52 Å². The Balaban J connectivity index is 1.26. The first kappa shape index (κ1) is 19.2. The van der Waals surface area contributed by atoms with Gasteiger partial charge in [-0.05, 0) is 79.6 Å². The number of hydrogen-bond donors (Lipinski definition) is 0. The predicted octanol–water partition coefficient (Wildman–Crippen LogP) is 4.64. The van der Waals surface area contributed by atoms with Gasteiger partial charge >= 0.3 is 7.67 Å². The lowest BCUT2D eigenvalue weighted by Crippen LogP contribution is -2.51.